The summed E-state index contributed by atoms with van der Waals surface area (Å²) in [6.45, 7) is 4.53. The summed E-state index contributed by atoms with van der Waals surface area (Å²) in [4.78, 5) is 10.8. The highest BCUT2D eigenvalue weighted by molar-refractivity contribution is 7.92. The van der Waals surface area contributed by atoms with Crippen LogP contribution >= 0.6 is 0 Å². The fourth-order valence-corrected chi connectivity index (χ4v) is 2.72. The second kappa shape index (κ2) is 5.39. The monoisotopic (exact) mass is 271 g/mol. The minimum absolute atomic E-state index is 0.131. The smallest absolute Gasteiger partial charge is 0.324 e. The predicted molar refractivity (Wildman–Crippen MR) is 70.4 cm³/mol. The van der Waals surface area contributed by atoms with E-state index in [0.717, 1.165) is 15.4 Å². The lowest BCUT2D eigenvalue weighted by molar-refractivity contribution is -0.135. The average molecular weight is 271 g/mol. The molecule has 0 aromatic heterocycles. The summed E-state index contributed by atoms with van der Waals surface area (Å²) in [6.07, 6.45) is 0. The van der Waals surface area contributed by atoms with E-state index in [1.807, 2.05) is 13.0 Å². The van der Waals surface area contributed by atoms with Gasteiger partial charge < -0.3 is 5.11 Å². The zero-order valence-electron chi connectivity index (χ0n) is 10.7. The predicted octanol–water partition coefficient (Wildman–Crippen LogP) is 1.54. The van der Waals surface area contributed by atoms with Crippen LogP contribution in [-0.2, 0) is 14.8 Å². The minimum atomic E-state index is -3.60. The lowest BCUT2D eigenvalue weighted by atomic mass is 10.1. The summed E-state index contributed by atoms with van der Waals surface area (Å²) in [5.41, 5.74) is 2.05. The van der Waals surface area contributed by atoms with Gasteiger partial charge in [0.2, 0.25) is 10.0 Å². The lowest BCUT2D eigenvalue weighted by Gasteiger charge is -2.24. The number of hydrogen-bond donors (Lipinski definition) is 1. The maximum absolute atomic E-state index is 12.0. The summed E-state index contributed by atoms with van der Waals surface area (Å²) < 4.78 is 24.9. The van der Waals surface area contributed by atoms with Gasteiger partial charge in [0.1, 0.15) is 6.54 Å². The maximum Gasteiger partial charge on any atom is 0.324 e. The molecule has 0 saturated heterocycles. The number of rotatable bonds is 5. The zero-order valence-corrected chi connectivity index (χ0v) is 11.5. The molecule has 0 amide bonds. The van der Waals surface area contributed by atoms with Crippen LogP contribution in [0.1, 0.15) is 18.1 Å². The van der Waals surface area contributed by atoms with E-state index in [4.69, 9.17) is 5.11 Å². The molecular weight excluding hydrogens is 254 g/mol. The maximum atomic E-state index is 12.0. The third-order valence-corrected chi connectivity index (χ3v) is 4.34. The number of carboxylic acids is 1. The molecule has 0 radical (unpaired) electrons. The van der Waals surface area contributed by atoms with Crippen LogP contribution in [-0.4, -0.2) is 31.8 Å². The number of aliphatic carboxylic acids is 1. The standard InChI is InChI=1S/C12H17NO4S/c1-4-18(16,17)13(8-12(14)15)11-7-9(2)5-6-10(11)3/h5-7H,4,8H2,1-3H3,(H,14,15). The fraction of sp³-hybridized carbons (Fsp3) is 0.417. The first-order chi connectivity index (χ1) is 8.27. The molecule has 5 nitrogen and oxygen atoms in total. The Hall–Kier alpha value is -1.56. The molecule has 0 bridgehead atoms. The van der Waals surface area contributed by atoms with Crippen LogP contribution in [0, 0.1) is 13.8 Å². The van der Waals surface area contributed by atoms with Crippen LogP contribution in [0.25, 0.3) is 0 Å². The van der Waals surface area contributed by atoms with E-state index < -0.39 is 22.5 Å². The first-order valence-corrected chi connectivity index (χ1v) is 7.18. The Bertz CT molecular complexity index is 551. The summed E-state index contributed by atoms with van der Waals surface area (Å²) in [6, 6.07) is 5.33. The van der Waals surface area contributed by atoms with Crippen LogP contribution in [0.15, 0.2) is 18.2 Å². The van der Waals surface area contributed by atoms with Gasteiger partial charge in [-0.1, -0.05) is 12.1 Å². The summed E-state index contributed by atoms with van der Waals surface area (Å²) >= 11 is 0. The van der Waals surface area contributed by atoms with Crippen LogP contribution in [0.3, 0.4) is 0 Å². The van der Waals surface area contributed by atoms with Gasteiger partial charge in [-0.15, -0.1) is 0 Å². The molecular formula is C12H17NO4S. The van der Waals surface area contributed by atoms with Crippen molar-refractivity contribution in [2.45, 2.75) is 20.8 Å². The zero-order chi connectivity index (χ0) is 13.9. The first kappa shape index (κ1) is 14.5. The topological polar surface area (TPSA) is 74.7 Å². The van der Waals surface area contributed by atoms with Gasteiger partial charge in [0.05, 0.1) is 11.4 Å². The molecule has 0 saturated carbocycles. The Labute approximate surface area is 107 Å². The number of hydrogen-bond acceptors (Lipinski definition) is 3. The van der Waals surface area contributed by atoms with Gasteiger partial charge in [-0.25, -0.2) is 8.42 Å². The molecule has 1 N–H and O–H groups in total. The highest BCUT2D eigenvalue weighted by Gasteiger charge is 2.24. The van der Waals surface area contributed by atoms with Crippen molar-refractivity contribution >= 4 is 21.7 Å². The van der Waals surface area contributed by atoms with Crippen LogP contribution in [0.4, 0.5) is 5.69 Å². The molecule has 1 aromatic rings. The van der Waals surface area contributed by atoms with Crippen molar-refractivity contribution in [3.05, 3.63) is 29.3 Å². The summed E-state index contributed by atoms with van der Waals surface area (Å²) in [5, 5.41) is 8.86. The molecule has 0 unspecified atom stereocenters. The summed E-state index contributed by atoms with van der Waals surface area (Å²) in [5.74, 6) is -1.30. The Morgan fingerprint density at radius 1 is 1.33 bits per heavy atom. The molecule has 0 atom stereocenters. The molecule has 6 heteroatoms. The normalized spacial score (nSPS) is 11.3. The van der Waals surface area contributed by atoms with Crippen molar-refractivity contribution < 1.29 is 18.3 Å². The lowest BCUT2D eigenvalue weighted by Crippen LogP contribution is -2.37. The molecule has 0 aliphatic heterocycles. The van der Waals surface area contributed by atoms with Crippen molar-refractivity contribution in [2.75, 3.05) is 16.6 Å². The average Bonchev–Trinajstić information content (AvgIpc) is 2.29. The number of nitrogens with zero attached hydrogens (tertiary/aromatic N) is 1. The Balaban J connectivity index is 3.34. The third kappa shape index (κ3) is 3.22. The van der Waals surface area contributed by atoms with Crippen molar-refractivity contribution in [3.63, 3.8) is 0 Å². The van der Waals surface area contributed by atoms with E-state index in [9.17, 15) is 13.2 Å². The van der Waals surface area contributed by atoms with Gasteiger partial charge in [0.15, 0.2) is 0 Å². The number of benzene rings is 1. The molecule has 1 rings (SSSR count). The Morgan fingerprint density at radius 3 is 2.44 bits per heavy atom. The second-order valence-corrected chi connectivity index (χ2v) is 6.27. The van der Waals surface area contributed by atoms with E-state index in [0.29, 0.717) is 5.69 Å². The molecule has 0 spiro atoms. The SMILES string of the molecule is CCS(=O)(=O)N(CC(=O)O)c1cc(C)ccc1C. The fourth-order valence-electron chi connectivity index (χ4n) is 1.60. The van der Waals surface area contributed by atoms with Crippen molar-refractivity contribution in [1.29, 1.82) is 0 Å². The molecule has 0 heterocycles. The molecule has 0 fully saturated rings. The van der Waals surface area contributed by atoms with Gasteiger partial charge in [0, 0.05) is 0 Å². The van der Waals surface area contributed by atoms with Crippen LogP contribution in [0.5, 0.6) is 0 Å². The number of anilines is 1. The van der Waals surface area contributed by atoms with Crippen LogP contribution < -0.4 is 4.31 Å². The van der Waals surface area contributed by atoms with Crippen molar-refractivity contribution in [3.8, 4) is 0 Å². The number of sulfonamides is 1. The number of aryl methyl sites for hydroxylation is 2. The quantitative estimate of drug-likeness (QED) is 0.881. The van der Waals surface area contributed by atoms with Gasteiger partial charge >= 0.3 is 5.97 Å². The second-order valence-electron chi connectivity index (χ2n) is 4.09. The highest BCUT2D eigenvalue weighted by Crippen LogP contribution is 2.24. The van der Waals surface area contributed by atoms with E-state index in [2.05, 4.69) is 0 Å². The largest absolute Gasteiger partial charge is 0.480 e. The summed E-state index contributed by atoms with van der Waals surface area (Å²) in [7, 11) is -3.60. The highest BCUT2D eigenvalue weighted by atomic mass is 32.2. The van der Waals surface area contributed by atoms with Gasteiger partial charge in [-0.05, 0) is 38.0 Å². The molecule has 18 heavy (non-hydrogen) atoms. The number of carbonyl (C=O) groups is 1. The van der Waals surface area contributed by atoms with Crippen LogP contribution in [0.2, 0.25) is 0 Å². The van der Waals surface area contributed by atoms with E-state index in [1.54, 1.807) is 19.1 Å². The molecule has 100 valence electrons. The van der Waals surface area contributed by atoms with Crippen molar-refractivity contribution in [1.82, 2.24) is 0 Å². The third-order valence-electron chi connectivity index (χ3n) is 2.61. The molecule has 0 aliphatic rings. The first-order valence-electron chi connectivity index (χ1n) is 5.57. The molecule has 1 aromatic carbocycles. The van der Waals surface area contributed by atoms with Gasteiger partial charge in [0.25, 0.3) is 0 Å². The van der Waals surface area contributed by atoms with E-state index in [-0.39, 0.29) is 5.75 Å². The van der Waals surface area contributed by atoms with Gasteiger partial charge in [-0.3, -0.25) is 9.10 Å². The minimum Gasteiger partial charge on any atom is -0.480 e. The van der Waals surface area contributed by atoms with E-state index in [1.165, 1.54) is 6.92 Å². The van der Waals surface area contributed by atoms with Gasteiger partial charge in [-0.2, -0.15) is 0 Å². The number of carboxylic acid groups (broad SMARTS) is 1. The van der Waals surface area contributed by atoms with Crippen molar-refractivity contribution in [2.24, 2.45) is 0 Å². The molecule has 0 aliphatic carbocycles. The van der Waals surface area contributed by atoms with E-state index >= 15 is 0 Å². The Morgan fingerprint density at radius 2 is 1.94 bits per heavy atom. The Kier molecular flexibility index (Phi) is 4.34.